The molecule has 1 saturated heterocycles. The minimum absolute atomic E-state index is 0.0983. The van der Waals surface area contributed by atoms with E-state index in [9.17, 15) is 14.9 Å². The highest BCUT2D eigenvalue weighted by molar-refractivity contribution is 5.93. The molecule has 1 fully saturated rings. The van der Waals surface area contributed by atoms with E-state index >= 15 is 0 Å². The molecule has 0 bridgehead atoms. The van der Waals surface area contributed by atoms with Gasteiger partial charge in [0, 0.05) is 18.2 Å². The van der Waals surface area contributed by atoms with Crippen LogP contribution in [0.1, 0.15) is 30.3 Å². The summed E-state index contributed by atoms with van der Waals surface area (Å²) in [5, 5.41) is 16.7. The second-order valence-electron chi connectivity index (χ2n) is 4.58. The number of amides is 1. The molecule has 98 valence electrons. The van der Waals surface area contributed by atoms with Gasteiger partial charge in [0.2, 0.25) is 0 Å². The SMILES string of the molecule is CC1CC(NC(=O)c2cc([N+](=O)[O-])c[nH]2)CCN1. The second-order valence-corrected chi connectivity index (χ2v) is 4.58. The molecule has 7 heteroatoms. The summed E-state index contributed by atoms with van der Waals surface area (Å²) in [4.78, 5) is 24.5. The van der Waals surface area contributed by atoms with E-state index in [2.05, 4.69) is 22.5 Å². The van der Waals surface area contributed by atoms with E-state index in [-0.39, 0.29) is 23.3 Å². The molecule has 1 aromatic rings. The highest BCUT2D eigenvalue weighted by Crippen LogP contribution is 2.13. The number of rotatable bonds is 3. The number of nitro groups is 1. The van der Waals surface area contributed by atoms with Gasteiger partial charge in [0.05, 0.1) is 11.1 Å². The first-order valence-corrected chi connectivity index (χ1v) is 5.93. The quantitative estimate of drug-likeness (QED) is 0.547. The Morgan fingerprint density at radius 3 is 3.00 bits per heavy atom. The summed E-state index contributed by atoms with van der Waals surface area (Å²) in [5.74, 6) is -0.290. The standard InChI is InChI=1S/C11H16N4O3/c1-7-4-8(2-3-12-7)14-11(16)10-5-9(6-13-10)15(17)18/h5-8,12-13H,2-4H2,1H3,(H,14,16). The van der Waals surface area contributed by atoms with E-state index in [1.54, 1.807) is 0 Å². The molecule has 2 rings (SSSR count). The number of hydrogen-bond acceptors (Lipinski definition) is 4. The van der Waals surface area contributed by atoms with Crippen LogP contribution in [0.25, 0.3) is 0 Å². The maximum absolute atomic E-state index is 11.9. The minimum Gasteiger partial charge on any atom is -0.351 e. The molecule has 1 aliphatic heterocycles. The Hall–Kier alpha value is -1.89. The fourth-order valence-electron chi connectivity index (χ4n) is 2.15. The lowest BCUT2D eigenvalue weighted by Gasteiger charge is -2.28. The van der Waals surface area contributed by atoms with Crippen LogP contribution >= 0.6 is 0 Å². The van der Waals surface area contributed by atoms with Crippen molar-refractivity contribution in [2.45, 2.75) is 31.8 Å². The molecule has 18 heavy (non-hydrogen) atoms. The molecule has 7 nitrogen and oxygen atoms in total. The number of hydrogen-bond donors (Lipinski definition) is 3. The summed E-state index contributed by atoms with van der Waals surface area (Å²) in [7, 11) is 0. The van der Waals surface area contributed by atoms with Crippen LogP contribution in [-0.4, -0.2) is 34.4 Å². The van der Waals surface area contributed by atoms with Gasteiger partial charge in [0.15, 0.2) is 0 Å². The molecule has 0 aliphatic carbocycles. The molecule has 2 atom stereocenters. The van der Waals surface area contributed by atoms with Gasteiger partial charge >= 0.3 is 0 Å². The number of H-pyrrole nitrogens is 1. The fraction of sp³-hybridized carbons (Fsp3) is 0.545. The number of nitrogens with one attached hydrogen (secondary N) is 3. The first kappa shape index (κ1) is 12.6. The summed E-state index contributed by atoms with van der Waals surface area (Å²) in [6.07, 6.45) is 2.97. The number of carbonyl (C=O) groups excluding carboxylic acids is 1. The van der Waals surface area contributed by atoms with E-state index < -0.39 is 4.92 Å². The number of aromatic amines is 1. The van der Waals surface area contributed by atoms with Crippen molar-refractivity contribution in [1.29, 1.82) is 0 Å². The summed E-state index contributed by atoms with van der Waals surface area (Å²) in [6.45, 7) is 2.94. The molecule has 0 radical (unpaired) electrons. The Kier molecular flexibility index (Phi) is 3.61. The van der Waals surface area contributed by atoms with E-state index in [1.165, 1.54) is 12.3 Å². The molecule has 1 amide bonds. The van der Waals surface area contributed by atoms with Crippen LogP contribution in [0.4, 0.5) is 5.69 Å². The van der Waals surface area contributed by atoms with Gasteiger partial charge in [0.25, 0.3) is 11.6 Å². The van der Waals surface area contributed by atoms with Gasteiger partial charge in [-0.25, -0.2) is 0 Å². The number of nitrogens with zero attached hydrogens (tertiary/aromatic N) is 1. The predicted molar refractivity (Wildman–Crippen MR) is 65.4 cm³/mol. The molecule has 1 aliphatic rings. The van der Waals surface area contributed by atoms with Crippen LogP contribution in [0.3, 0.4) is 0 Å². The topological polar surface area (TPSA) is 100 Å². The molecule has 3 N–H and O–H groups in total. The van der Waals surface area contributed by atoms with E-state index in [4.69, 9.17) is 0 Å². The van der Waals surface area contributed by atoms with Crippen molar-refractivity contribution in [3.05, 3.63) is 28.1 Å². The molecule has 0 aromatic carbocycles. The van der Waals surface area contributed by atoms with Gasteiger partial charge in [-0.3, -0.25) is 14.9 Å². The molecule has 0 saturated carbocycles. The summed E-state index contributed by atoms with van der Waals surface area (Å²) in [5.41, 5.74) is 0.131. The Balaban J connectivity index is 1.96. The average Bonchev–Trinajstić information content (AvgIpc) is 2.78. The minimum atomic E-state index is -0.528. The molecule has 0 spiro atoms. The van der Waals surface area contributed by atoms with Gasteiger partial charge in [-0.1, -0.05) is 0 Å². The Morgan fingerprint density at radius 1 is 1.61 bits per heavy atom. The van der Waals surface area contributed by atoms with Crippen molar-refractivity contribution >= 4 is 11.6 Å². The summed E-state index contributed by atoms with van der Waals surface area (Å²) in [6, 6.07) is 1.75. The number of carbonyl (C=O) groups is 1. The van der Waals surface area contributed by atoms with E-state index in [1.807, 2.05) is 0 Å². The van der Waals surface area contributed by atoms with Crippen molar-refractivity contribution < 1.29 is 9.72 Å². The third-order valence-electron chi connectivity index (χ3n) is 3.08. The predicted octanol–water partition coefficient (Wildman–Crippen LogP) is 0.793. The lowest BCUT2D eigenvalue weighted by Crippen LogP contribution is -2.46. The first-order valence-electron chi connectivity index (χ1n) is 5.93. The van der Waals surface area contributed by atoms with E-state index in [0.29, 0.717) is 6.04 Å². The average molecular weight is 252 g/mol. The smallest absolute Gasteiger partial charge is 0.287 e. The van der Waals surface area contributed by atoms with Crippen molar-refractivity contribution in [1.82, 2.24) is 15.6 Å². The molecule has 2 heterocycles. The second kappa shape index (κ2) is 5.18. The monoisotopic (exact) mass is 252 g/mol. The third kappa shape index (κ3) is 2.86. The lowest BCUT2D eigenvalue weighted by molar-refractivity contribution is -0.384. The van der Waals surface area contributed by atoms with Gasteiger partial charge in [-0.2, -0.15) is 0 Å². The number of aromatic nitrogens is 1. The Bertz CT molecular complexity index is 457. The zero-order chi connectivity index (χ0) is 13.1. The highest BCUT2D eigenvalue weighted by atomic mass is 16.6. The first-order chi connectivity index (χ1) is 8.56. The van der Waals surface area contributed by atoms with E-state index in [0.717, 1.165) is 19.4 Å². The number of piperidine rings is 1. The lowest BCUT2D eigenvalue weighted by atomic mass is 10.0. The summed E-state index contributed by atoms with van der Waals surface area (Å²) >= 11 is 0. The van der Waals surface area contributed by atoms with Crippen LogP contribution in [0.2, 0.25) is 0 Å². The van der Waals surface area contributed by atoms with Crippen molar-refractivity contribution in [3.8, 4) is 0 Å². The van der Waals surface area contributed by atoms with Crippen LogP contribution in [-0.2, 0) is 0 Å². The Morgan fingerprint density at radius 2 is 2.39 bits per heavy atom. The molecule has 1 aromatic heterocycles. The zero-order valence-electron chi connectivity index (χ0n) is 10.1. The summed E-state index contributed by atoms with van der Waals surface area (Å²) < 4.78 is 0. The normalized spacial score (nSPS) is 23.6. The van der Waals surface area contributed by atoms with Crippen molar-refractivity contribution in [2.24, 2.45) is 0 Å². The van der Waals surface area contributed by atoms with Crippen LogP contribution in [0.5, 0.6) is 0 Å². The van der Waals surface area contributed by atoms with Crippen LogP contribution in [0, 0.1) is 10.1 Å². The third-order valence-corrected chi connectivity index (χ3v) is 3.08. The largest absolute Gasteiger partial charge is 0.351 e. The van der Waals surface area contributed by atoms with Gasteiger partial charge in [0.1, 0.15) is 5.69 Å². The molecular formula is C11H16N4O3. The highest BCUT2D eigenvalue weighted by Gasteiger charge is 2.22. The van der Waals surface area contributed by atoms with Gasteiger partial charge in [-0.15, -0.1) is 0 Å². The van der Waals surface area contributed by atoms with Crippen LogP contribution < -0.4 is 10.6 Å². The van der Waals surface area contributed by atoms with Crippen molar-refractivity contribution in [3.63, 3.8) is 0 Å². The maximum Gasteiger partial charge on any atom is 0.287 e. The van der Waals surface area contributed by atoms with Crippen molar-refractivity contribution in [2.75, 3.05) is 6.54 Å². The molecular weight excluding hydrogens is 236 g/mol. The molecule has 2 unspecified atom stereocenters. The van der Waals surface area contributed by atoms with Gasteiger partial charge in [-0.05, 0) is 26.3 Å². The Labute approximate surface area is 104 Å². The zero-order valence-corrected chi connectivity index (χ0v) is 10.1. The van der Waals surface area contributed by atoms with Crippen LogP contribution in [0.15, 0.2) is 12.3 Å². The fourth-order valence-corrected chi connectivity index (χ4v) is 2.15. The van der Waals surface area contributed by atoms with Gasteiger partial charge < -0.3 is 15.6 Å². The maximum atomic E-state index is 11.9.